The van der Waals surface area contributed by atoms with Gasteiger partial charge in [-0.1, -0.05) is 13.8 Å². The van der Waals surface area contributed by atoms with Crippen molar-refractivity contribution >= 4 is 11.9 Å². The lowest BCUT2D eigenvalue weighted by molar-refractivity contribution is -0.150. The molecule has 0 aliphatic carbocycles. The molecular weight excluding hydrogens is 224 g/mol. The third-order valence-corrected chi connectivity index (χ3v) is 1.68. The van der Waals surface area contributed by atoms with Crippen LogP contribution in [-0.4, -0.2) is 31.7 Å². The van der Waals surface area contributed by atoms with Crippen LogP contribution >= 0.6 is 0 Å². The third kappa shape index (κ3) is 7.80. The van der Waals surface area contributed by atoms with Crippen molar-refractivity contribution in [1.29, 1.82) is 5.26 Å². The van der Waals surface area contributed by atoms with E-state index in [0.29, 0.717) is 0 Å². The predicted octanol–water partition coefficient (Wildman–Crippen LogP) is 0.932. The molecule has 6 nitrogen and oxygen atoms in total. The zero-order chi connectivity index (χ0) is 13.3. The molecule has 0 aliphatic heterocycles. The van der Waals surface area contributed by atoms with Crippen molar-refractivity contribution in [2.75, 3.05) is 19.8 Å². The van der Waals surface area contributed by atoms with Crippen molar-refractivity contribution in [1.82, 2.24) is 0 Å². The van der Waals surface area contributed by atoms with Gasteiger partial charge in [0.1, 0.15) is 6.42 Å². The summed E-state index contributed by atoms with van der Waals surface area (Å²) in [5, 5.41) is 8.25. The number of rotatable bonds is 6. The summed E-state index contributed by atoms with van der Waals surface area (Å²) < 4.78 is 9.66. The van der Waals surface area contributed by atoms with Gasteiger partial charge in [0.25, 0.3) is 0 Å². The van der Waals surface area contributed by atoms with Crippen LogP contribution in [0.15, 0.2) is 0 Å². The van der Waals surface area contributed by atoms with E-state index in [0.717, 1.165) is 0 Å². The third-order valence-electron chi connectivity index (χ3n) is 1.68. The molecule has 6 heteroatoms. The summed E-state index contributed by atoms with van der Waals surface area (Å²) in [6.07, 6.45) is -0.298. The average molecular weight is 238 g/mol. The minimum absolute atomic E-state index is 0.0544. The van der Waals surface area contributed by atoms with E-state index in [1.807, 2.05) is 0 Å². The predicted molar refractivity (Wildman–Crippen MR) is 57.4 cm³/mol. The summed E-state index contributed by atoms with van der Waals surface area (Å²) in [6.45, 7) is 9.77. The Balaban J connectivity index is 3.96. The average Bonchev–Trinajstić information content (AvgIpc) is 2.25. The van der Waals surface area contributed by atoms with Gasteiger partial charge in [-0.25, -0.2) is 11.4 Å². The molecular formula is C11H14N2O4. The Kier molecular flexibility index (Phi) is 6.35. The topological polar surface area (TPSA) is 80.8 Å². The molecule has 0 spiro atoms. The minimum Gasteiger partial charge on any atom is -0.464 e. The number of carbonyl (C=O) groups excluding carboxylic acids is 2. The van der Waals surface area contributed by atoms with Crippen LogP contribution < -0.4 is 0 Å². The highest BCUT2D eigenvalue weighted by Gasteiger charge is 2.23. The van der Waals surface area contributed by atoms with Crippen LogP contribution in [0, 0.1) is 23.3 Å². The van der Waals surface area contributed by atoms with Gasteiger partial charge < -0.3 is 14.3 Å². The van der Waals surface area contributed by atoms with Crippen LogP contribution in [0.4, 0.5) is 0 Å². The van der Waals surface area contributed by atoms with Gasteiger partial charge in [0.15, 0.2) is 0 Å². The largest absolute Gasteiger partial charge is 0.464 e. The molecule has 0 N–H and O–H groups in total. The lowest BCUT2D eigenvalue weighted by atomic mass is 9.96. The summed E-state index contributed by atoms with van der Waals surface area (Å²) in [7, 11) is 0. The molecule has 0 aromatic rings. The molecule has 0 aromatic carbocycles. The zero-order valence-corrected chi connectivity index (χ0v) is 9.86. The number of nitriles is 1. The summed E-state index contributed by atoms with van der Waals surface area (Å²) in [5.74, 6) is -1.20. The van der Waals surface area contributed by atoms with Crippen LogP contribution in [0.1, 0.15) is 20.3 Å². The van der Waals surface area contributed by atoms with E-state index in [9.17, 15) is 9.59 Å². The van der Waals surface area contributed by atoms with Crippen LogP contribution in [0.5, 0.6) is 0 Å². The van der Waals surface area contributed by atoms with Crippen molar-refractivity contribution in [3.05, 3.63) is 11.4 Å². The summed E-state index contributed by atoms with van der Waals surface area (Å²) in [4.78, 5) is 24.8. The van der Waals surface area contributed by atoms with Crippen LogP contribution in [-0.2, 0) is 19.1 Å². The first kappa shape index (κ1) is 14.9. The molecule has 0 atom stereocenters. The van der Waals surface area contributed by atoms with Crippen molar-refractivity contribution in [3.63, 3.8) is 0 Å². The summed E-state index contributed by atoms with van der Waals surface area (Å²) in [5.41, 5.74) is -0.539. The highest BCUT2D eigenvalue weighted by atomic mass is 16.5. The number of esters is 2. The van der Waals surface area contributed by atoms with Gasteiger partial charge in [0, 0.05) is 5.41 Å². The van der Waals surface area contributed by atoms with Gasteiger partial charge in [0.2, 0.25) is 0 Å². The maximum Gasteiger partial charge on any atom is 0.387 e. The molecule has 0 saturated heterocycles. The van der Waals surface area contributed by atoms with Crippen LogP contribution in [0.25, 0.3) is 4.85 Å². The van der Waals surface area contributed by atoms with Gasteiger partial charge in [-0.15, -0.1) is 0 Å². The van der Waals surface area contributed by atoms with Crippen LogP contribution in [0.2, 0.25) is 0 Å². The van der Waals surface area contributed by atoms with Crippen molar-refractivity contribution in [2.24, 2.45) is 5.41 Å². The summed E-state index contributed by atoms with van der Waals surface area (Å²) >= 11 is 0. The number of carbonyl (C=O) groups is 2. The second kappa shape index (κ2) is 7.24. The van der Waals surface area contributed by atoms with E-state index in [-0.39, 0.29) is 26.2 Å². The zero-order valence-electron chi connectivity index (χ0n) is 9.86. The molecule has 0 bridgehead atoms. The first-order chi connectivity index (χ1) is 7.91. The smallest absolute Gasteiger partial charge is 0.387 e. The maximum atomic E-state index is 10.9. The fourth-order valence-corrected chi connectivity index (χ4v) is 0.819. The highest BCUT2D eigenvalue weighted by molar-refractivity contribution is 5.73. The Morgan fingerprint density at radius 3 is 2.29 bits per heavy atom. The van der Waals surface area contributed by atoms with Gasteiger partial charge in [-0.05, 0) is 0 Å². The molecule has 0 aromatic heterocycles. The van der Waals surface area contributed by atoms with E-state index in [2.05, 4.69) is 4.85 Å². The Bertz CT molecular complexity index is 329. The Morgan fingerprint density at radius 2 is 1.82 bits per heavy atom. The number of nitrogens with zero attached hydrogens (tertiary/aromatic N) is 2. The number of ether oxygens (including phenoxy) is 2. The normalized spacial score (nSPS) is 9.88. The molecule has 0 unspecified atom stereocenters. The minimum atomic E-state index is -0.604. The van der Waals surface area contributed by atoms with Gasteiger partial charge >= 0.3 is 18.5 Å². The maximum absolute atomic E-state index is 10.9. The van der Waals surface area contributed by atoms with Crippen molar-refractivity contribution in [2.45, 2.75) is 20.3 Å². The Hall–Kier alpha value is -2.08. The monoisotopic (exact) mass is 238 g/mol. The standard InChI is InChI=1S/C11H14N2O4/c1-11(2,7-16-9(14)4-5-12)8-17-10(15)6-13-3/h4,6-8H2,1-2H3. The molecule has 92 valence electrons. The molecule has 0 fully saturated rings. The summed E-state index contributed by atoms with van der Waals surface area (Å²) in [6, 6.07) is 1.68. The highest BCUT2D eigenvalue weighted by Crippen LogP contribution is 2.16. The Morgan fingerprint density at radius 1 is 1.29 bits per heavy atom. The molecule has 0 heterocycles. The molecule has 0 amide bonds. The first-order valence-corrected chi connectivity index (χ1v) is 4.93. The Labute approximate surface area is 99.9 Å². The van der Waals surface area contributed by atoms with E-state index < -0.39 is 17.4 Å². The van der Waals surface area contributed by atoms with E-state index in [1.54, 1.807) is 19.9 Å². The van der Waals surface area contributed by atoms with Gasteiger partial charge in [-0.3, -0.25) is 4.79 Å². The second-order valence-corrected chi connectivity index (χ2v) is 4.14. The fraction of sp³-hybridized carbons (Fsp3) is 0.636. The lowest BCUT2D eigenvalue weighted by Gasteiger charge is -2.22. The number of hydrogen-bond acceptors (Lipinski definition) is 5. The quantitative estimate of drug-likeness (QED) is 0.508. The van der Waals surface area contributed by atoms with Crippen LogP contribution in [0.3, 0.4) is 0 Å². The van der Waals surface area contributed by atoms with Gasteiger partial charge in [0.05, 0.1) is 19.3 Å². The van der Waals surface area contributed by atoms with Gasteiger partial charge in [-0.2, -0.15) is 5.26 Å². The van der Waals surface area contributed by atoms with Crippen molar-refractivity contribution < 1.29 is 19.1 Å². The SMILES string of the molecule is [C-]#[N+]CC(=O)OCC(C)(C)COC(=O)CC#N. The first-order valence-electron chi connectivity index (χ1n) is 4.93. The number of hydrogen-bond donors (Lipinski definition) is 0. The fourth-order valence-electron chi connectivity index (χ4n) is 0.819. The molecule has 0 radical (unpaired) electrons. The second-order valence-electron chi connectivity index (χ2n) is 4.14. The lowest BCUT2D eigenvalue weighted by Crippen LogP contribution is -2.29. The van der Waals surface area contributed by atoms with E-state index >= 15 is 0 Å². The molecule has 0 aliphatic rings. The van der Waals surface area contributed by atoms with Crippen molar-refractivity contribution in [3.8, 4) is 6.07 Å². The van der Waals surface area contributed by atoms with E-state index in [4.69, 9.17) is 21.3 Å². The molecule has 0 rings (SSSR count). The molecule has 0 saturated carbocycles. The molecule has 17 heavy (non-hydrogen) atoms. The van der Waals surface area contributed by atoms with E-state index in [1.165, 1.54) is 0 Å².